The van der Waals surface area contributed by atoms with Gasteiger partial charge in [-0.05, 0) is 12.1 Å². The zero-order valence-electron chi connectivity index (χ0n) is 11.4. The van der Waals surface area contributed by atoms with Crippen LogP contribution in [-0.4, -0.2) is 41.6 Å². The molecule has 1 rings (SSSR count). The summed E-state index contributed by atoms with van der Waals surface area (Å²) >= 11 is 0. The molecule has 21 heavy (non-hydrogen) atoms. The molecular formula is C11H17ClF2N2O4S. The molecule has 0 saturated carbocycles. The second-order valence-corrected chi connectivity index (χ2v) is 5.58. The van der Waals surface area contributed by atoms with E-state index in [4.69, 9.17) is 15.2 Å². The fourth-order valence-corrected chi connectivity index (χ4v) is 2.80. The number of halogens is 3. The van der Waals surface area contributed by atoms with Crippen molar-refractivity contribution in [1.29, 1.82) is 0 Å². The van der Waals surface area contributed by atoms with Crippen molar-refractivity contribution in [2.75, 3.05) is 27.3 Å². The fourth-order valence-electron chi connectivity index (χ4n) is 1.43. The molecule has 6 nitrogen and oxygen atoms in total. The molecule has 0 unspecified atom stereocenters. The maximum atomic E-state index is 13.0. The number of nitrogens with two attached hydrogens (primary N) is 1. The first-order valence-electron chi connectivity index (χ1n) is 5.56. The first kappa shape index (κ1) is 19.8. The Morgan fingerprint density at radius 2 is 1.71 bits per heavy atom. The molecule has 1 aromatic carbocycles. The fraction of sp³-hybridized carbons (Fsp3) is 0.455. The van der Waals surface area contributed by atoms with Crippen LogP contribution in [0.25, 0.3) is 0 Å². The molecule has 1 aromatic rings. The highest BCUT2D eigenvalue weighted by molar-refractivity contribution is 7.89. The molecule has 0 spiro atoms. The van der Waals surface area contributed by atoms with Gasteiger partial charge in [-0.1, -0.05) is 6.07 Å². The van der Waals surface area contributed by atoms with E-state index in [9.17, 15) is 17.2 Å². The van der Waals surface area contributed by atoms with Gasteiger partial charge in [0.15, 0.2) is 4.90 Å². The lowest BCUT2D eigenvalue weighted by molar-refractivity contribution is 0.0170. The van der Waals surface area contributed by atoms with E-state index in [2.05, 4.69) is 0 Å². The number of rotatable bonds is 7. The Morgan fingerprint density at radius 3 is 2.10 bits per heavy atom. The van der Waals surface area contributed by atoms with Gasteiger partial charge in [0, 0.05) is 0 Å². The standard InChI is InChI=1S/C11H16F2N2O4S.ClH/c1-18-8-4-3-5-9(19-2)10(8)20(16,17)15-7-11(12,13)6-14;/h3-5,15H,6-7,14H2,1-2H3;1H. The molecule has 10 heteroatoms. The Bertz CT molecular complexity index is 547. The number of nitrogens with one attached hydrogen (secondary N) is 1. The quantitative estimate of drug-likeness (QED) is 0.768. The maximum Gasteiger partial charge on any atom is 0.273 e. The summed E-state index contributed by atoms with van der Waals surface area (Å²) in [5.41, 5.74) is 4.85. The van der Waals surface area contributed by atoms with Gasteiger partial charge >= 0.3 is 0 Å². The van der Waals surface area contributed by atoms with Crippen LogP contribution >= 0.6 is 12.4 Å². The Labute approximate surface area is 128 Å². The summed E-state index contributed by atoms with van der Waals surface area (Å²) in [5.74, 6) is -3.34. The van der Waals surface area contributed by atoms with Crippen molar-refractivity contribution in [3.05, 3.63) is 18.2 Å². The molecule has 0 heterocycles. The zero-order chi connectivity index (χ0) is 15.4. The van der Waals surface area contributed by atoms with Gasteiger partial charge in [-0.25, -0.2) is 21.9 Å². The largest absolute Gasteiger partial charge is 0.495 e. The molecule has 0 atom stereocenters. The highest BCUT2D eigenvalue weighted by atomic mass is 35.5. The van der Waals surface area contributed by atoms with Gasteiger partial charge < -0.3 is 15.2 Å². The van der Waals surface area contributed by atoms with Crippen molar-refractivity contribution in [1.82, 2.24) is 4.72 Å². The minimum Gasteiger partial charge on any atom is -0.495 e. The van der Waals surface area contributed by atoms with Crippen LogP contribution in [0.2, 0.25) is 0 Å². The van der Waals surface area contributed by atoms with Crippen LogP contribution in [0, 0.1) is 0 Å². The average molecular weight is 347 g/mol. The number of hydrogen-bond acceptors (Lipinski definition) is 5. The third-order valence-electron chi connectivity index (χ3n) is 2.47. The number of benzene rings is 1. The Morgan fingerprint density at radius 1 is 1.24 bits per heavy atom. The van der Waals surface area contributed by atoms with E-state index in [1.807, 2.05) is 0 Å². The van der Waals surface area contributed by atoms with E-state index in [-0.39, 0.29) is 28.8 Å². The predicted octanol–water partition coefficient (Wildman–Crippen LogP) is 0.998. The van der Waals surface area contributed by atoms with Gasteiger partial charge in [0.05, 0.1) is 27.3 Å². The van der Waals surface area contributed by atoms with Crippen LogP contribution in [0.5, 0.6) is 11.5 Å². The third kappa shape index (κ3) is 4.95. The lowest BCUT2D eigenvalue weighted by Gasteiger charge is -2.17. The molecule has 0 fully saturated rings. The Hall–Kier alpha value is -1.16. The average Bonchev–Trinajstić information content (AvgIpc) is 2.44. The van der Waals surface area contributed by atoms with Gasteiger partial charge in [-0.3, -0.25) is 0 Å². The summed E-state index contributed by atoms with van der Waals surface area (Å²) in [6, 6.07) is 4.29. The first-order valence-corrected chi connectivity index (χ1v) is 7.04. The lowest BCUT2D eigenvalue weighted by atomic mass is 10.3. The highest BCUT2D eigenvalue weighted by Crippen LogP contribution is 2.32. The monoisotopic (exact) mass is 346 g/mol. The Balaban J connectivity index is 0.00000400. The molecule has 0 aliphatic carbocycles. The third-order valence-corrected chi connectivity index (χ3v) is 3.94. The molecule has 0 aliphatic heterocycles. The van der Waals surface area contributed by atoms with E-state index < -0.39 is 29.0 Å². The van der Waals surface area contributed by atoms with Gasteiger partial charge in [-0.2, -0.15) is 0 Å². The summed E-state index contributed by atoms with van der Waals surface area (Å²) in [4.78, 5) is -0.335. The van der Waals surface area contributed by atoms with Crippen LogP contribution in [0.4, 0.5) is 8.78 Å². The van der Waals surface area contributed by atoms with E-state index in [0.717, 1.165) is 0 Å². The van der Waals surface area contributed by atoms with E-state index in [1.54, 1.807) is 4.72 Å². The minimum absolute atomic E-state index is 0. The van der Waals surface area contributed by atoms with Crippen molar-refractivity contribution in [2.24, 2.45) is 5.73 Å². The van der Waals surface area contributed by atoms with Crippen molar-refractivity contribution in [3.63, 3.8) is 0 Å². The summed E-state index contributed by atoms with van der Waals surface area (Å²) in [6.07, 6.45) is 0. The maximum absolute atomic E-state index is 13.0. The van der Waals surface area contributed by atoms with Crippen LogP contribution in [0.3, 0.4) is 0 Å². The van der Waals surface area contributed by atoms with Gasteiger partial charge in [0.25, 0.3) is 5.92 Å². The molecule has 0 amide bonds. The van der Waals surface area contributed by atoms with Crippen LogP contribution < -0.4 is 19.9 Å². The van der Waals surface area contributed by atoms with Gasteiger partial charge in [0.2, 0.25) is 10.0 Å². The number of hydrogen-bond donors (Lipinski definition) is 2. The summed E-state index contributed by atoms with van der Waals surface area (Å²) in [6.45, 7) is -2.06. The van der Waals surface area contributed by atoms with Crippen molar-refractivity contribution in [3.8, 4) is 11.5 Å². The summed E-state index contributed by atoms with van der Waals surface area (Å²) < 4.78 is 62.0. The number of alkyl halides is 2. The van der Waals surface area contributed by atoms with Crippen LogP contribution in [0.1, 0.15) is 0 Å². The van der Waals surface area contributed by atoms with Gasteiger partial charge in [-0.15, -0.1) is 12.4 Å². The molecule has 0 aromatic heterocycles. The first-order chi connectivity index (χ1) is 9.27. The molecular weight excluding hydrogens is 330 g/mol. The smallest absolute Gasteiger partial charge is 0.273 e. The second-order valence-electron chi connectivity index (χ2n) is 3.88. The van der Waals surface area contributed by atoms with Crippen molar-refractivity contribution < 1.29 is 26.7 Å². The number of methoxy groups -OCH3 is 2. The second kappa shape index (κ2) is 7.74. The molecule has 0 saturated heterocycles. The zero-order valence-corrected chi connectivity index (χ0v) is 13.1. The molecule has 3 N–H and O–H groups in total. The topological polar surface area (TPSA) is 90.6 Å². The molecule has 0 bridgehead atoms. The minimum atomic E-state index is -4.22. The normalized spacial score (nSPS) is 11.7. The highest BCUT2D eigenvalue weighted by Gasteiger charge is 2.32. The lowest BCUT2D eigenvalue weighted by Crippen LogP contribution is -2.41. The number of ether oxygens (including phenoxy) is 2. The van der Waals surface area contributed by atoms with Crippen LogP contribution in [0.15, 0.2) is 23.1 Å². The summed E-state index contributed by atoms with van der Waals surface area (Å²) in [5, 5.41) is 0. The summed E-state index contributed by atoms with van der Waals surface area (Å²) in [7, 11) is -1.69. The van der Waals surface area contributed by atoms with Gasteiger partial charge in [0.1, 0.15) is 11.5 Å². The predicted molar refractivity (Wildman–Crippen MR) is 76.0 cm³/mol. The van der Waals surface area contributed by atoms with Crippen molar-refractivity contribution in [2.45, 2.75) is 10.8 Å². The van der Waals surface area contributed by atoms with Crippen LogP contribution in [-0.2, 0) is 10.0 Å². The molecule has 122 valence electrons. The SMILES string of the molecule is COc1cccc(OC)c1S(=O)(=O)NCC(F)(F)CN.Cl. The van der Waals surface area contributed by atoms with E-state index in [1.165, 1.54) is 32.4 Å². The van der Waals surface area contributed by atoms with E-state index in [0.29, 0.717) is 0 Å². The molecule has 0 radical (unpaired) electrons. The Kier molecular flexibility index (Phi) is 7.31. The van der Waals surface area contributed by atoms with E-state index >= 15 is 0 Å². The van der Waals surface area contributed by atoms with Crippen molar-refractivity contribution >= 4 is 22.4 Å². The number of sulfonamides is 1. The molecule has 0 aliphatic rings.